The highest BCUT2D eigenvalue weighted by atomic mass is 16.4. The van der Waals surface area contributed by atoms with E-state index in [2.05, 4.69) is 94.1 Å². The number of nitriles is 1. The average Bonchev–Trinajstić information content (AvgIpc) is 3.49. The number of carboxylic acid groups (broad SMARTS) is 1. The van der Waals surface area contributed by atoms with Crippen LogP contribution in [0.2, 0.25) is 0 Å². The molecule has 0 atom stereocenters. The van der Waals surface area contributed by atoms with Crippen LogP contribution in [-0.4, -0.2) is 20.2 Å². The van der Waals surface area contributed by atoms with E-state index >= 15 is 0 Å². The second-order valence-electron chi connectivity index (χ2n) is 9.49. The zero-order valence-corrected chi connectivity index (χ0v) is 20.7. The molecule has 5 aromatic carbocycles. The van der Waals surface area contributed by atoms with Crippen molar-refractivity contribution in [2.45, 2.75) is 0 Å². The Labute approximate surface area is 223 Å². The molecule has 0 bridgehead atoms. The van der Waals surface area contributed by atoms with E-state index in [4.69, 9.17) is 0 Å². The van der Waals surface area contributed by atoms with Crippen LogP contribution in [0.25, 0.3) is 61.1 Å². The number of carboxylic acids is 1. The molecule has 5 heteroatoms. The third kappa shape index (κ3) is 3.51. The topological polar surface area (TPSA) is 71.0 Å². The molecule has 2 aromatic heterocycles. The fraction of sp³-hybridized carbons (Fsp3) is 0. The van der Waals surface area contributed by atoms with Crippen molar-refractivity contribution < 1.29 is 9.90 Å². The summed E-state index contributed by atoms with van der Waals surface area (Å²) in [6.07, 6.45) is 1.41. The van der Waals surface area contributed by atoms with Crippen molar-refractivity contribution in [1.82, 2.24) is 9.13 Å². The van der Waals surface area contributed by atoms with Crippen molar-refractivity contribution >= 4 is 55.7 Å². The van der Waals surface area contributed by atoms with E-state index in [1.165, 1.54) is 27.9 Å². The number of hydrogen-bond donors (Lipinski definition) is 1. The Balaban J connectivity index is 1.40. The Bertz CT molecular complexity index is 2100. The Hall–Kier alpha value is -5.60. The number of para-hydroxylation sites is 3. The summed E-state index contributed by atoms with van der Waals surface area (Å²) in [6, 6.07) is 41.2. The van der Waals surface area contributed by atoms with Crippen LogP contribution in [0.1, 0.15) is 5.56 Å². The van der Waals surface area contributed by atoms with Crippen LogP contribution < -0.4 is 0 Å². The molecule has 0 unspecified atom stereocenters. The largest absolute Gasteiger partial charge is 0.477 e. The summed E-state index contributed by atoms with van der Waals surface area (Å²) in [5, 5.41) is 23.0. The van der Waals surface area contributed by atoms with E-state index in [0.29, 0.717) is 5.56 Å². The van der Waals surface area contributed by atoms with Crippen LogP contribution in [0, 0.1) is 11.3 Å². The maximum Gasteiger partial charge on any atom is 0.346 e. The minimum absolute atomic E-state index is 0.293. The Morgan fingerprint density at radius 2 is 1.05 bits per heavy atom. The van der Waals surface area contributed by atoms with Crippen LogP contribution in [0.4, 0.5) is 0 Å². The summed E-state index contributed by atoms with van der Waals surface area (Å²) in [7, 11) is 0. The lowest BCUT2D eigenvalue weighted by atomic mass is 10.1. The van der Waals surface area contributed by atoms with Gasteiger partial charge in [-0.1, -0.05) is 60.7 Å². The quantitative estimate of drug-likeness (QED) is 0.196. The SMILES string of the molecule is N#CC(=Cc1ccc2c(c1)c1ccccc1n2-c1ccc(-n2c3ccccc3c3ccccc32)cc1)C(=O)O. The smallest absolute Gasteiger partial charge is 0.346 e. The molecule has 0 radical (unpaired) electrons. The number of aromatic nitrogens is 2. The number of carbonyl (C=O) groups is 1. The van der Waals surface area contributed by atoms with E-state index in [1.54, 1.807) is 6.07 Å². The third-order valence-electron chi connectivity index (χ3n) is 7.30. The van der Waals surface area contributed by atoms with Crippen molar-refractivity contribution in [2.75, 3.05) is 0 Å². The summed E-state index contributed by atoms with van der Waals surface area (Å²) in [4.78, 5) is 11.4. The molecule has 1 N–H and O–H groups in total. The highest BCUT2D eigenvalue weighted by Crippen LogP contribution is 2.35. The first-order valence-corrected chi connectivity index (χ1v) is 12.6. The van der Waals surface area contributed by atoms with Gasteiger partial charge < -0.3 is 14.2 Å². The number of hydrogen-bond acceptors (Lipinski definition) is 2. The molecule has 0 fully saturated rings. The van der Waals surface area contributed by atoms with Gasteiger partial charge in [0.15, 0.2) is 0 Å². The first kappa shape index (κ1) is 22.6. The van der Waals surface area contributed by atoms with Gasteiger partial charge in [0.25, 0.3) is 0 Å². The fourth-order valence-corrected chi connectivity index (χ4v) is 5.62. The number of benzene rings is 5. The standard InChI is InChI=1S/C34H21N3O2/c35-21-23(34(38)39)19-22-13-18-33-29(20-22)28-9-3-6-12-32(28)37(33)25-16-14-24(15-17-25)36-30-10-4-1-7-26(30)27-8-2-5-11-31(27)36/h1-20H,(H,38,39). The number of aliphatic carboxylic acids is 1. The third-order valence-corrected chi connectivity index (χ3v) is 7.30. The number of fused-ring (bicyclic) bond motifs is 6. The first-order valence-electron chi connectivity index (χ1n) is 12.6. The maximum atomic E-state index is 11.4. The van der Waals surface area contributed by atoms with E-state index in [9.17, 15) is 15.2 Å². The first-order chi connectivity index (χ1) is 19.1. The van der Waals surface area contributed by atoms with E-state index in [-0.39, 0.29) is 5.57 Å². The van der Waals surface area contributed by atoms with Crippen molar-refractivity contribution in [3.63, 3.8) is 0 Å². The molecule has 184 valence electrons. The molecule has 0 saturated heterocycles. The zero-order chi connectivity index (χ0) is 26.5. The normalized spacial score (nSPS) is 11.9. The molecule has 39 heavy (non-hydrogen) atoms. The molecule has 0 spiro atoms. The molecule has 0 aliphatic heterocycles. The number of rotatable bonds is 4. The predicted molar refractivity (Wildman–Crippen MR) is 156 cm³/mol. The van der Waals surface area contributed by atoms with Crippen molar-refractivity contribution in [3.05, 3.63) is 126 Å². The predicted octanol–water partition coefficient (Wildman–Crippen LogP) is 7.87. The molecule has 0 amide bonds. The molecule has 5 nitrogen and oxygen atoms in total. The Kier molecular flexibility index (Phi) is 5.07. The Morgan fingerprint density at radius 1 is 0.615 bits per heavy atom. The monoisotopic (exact) mass is 503 g/mol. The minimum atomic E-state index is -1.23. The summed E-state index contributed by atoms with van der Waals surface area (Å²) in [6.45, 7) is 0. The van der Waals surface area contributed by atoms with Gasteiger partial charge in [-0.05, 0) is 66.2 Å². The van der Waals surface area contributed by atoms with Gasteiger partial charge in [-0.15, -0.1) is 0 Å². The molecule has 0 aliphatic rings. The minimum Gasteiger partial charge on any atom is -0.477 e. The zero-order valence-electron chi connectivity index (χ0n) is 20.7. The van der Waals surface area contributed by atoms with Crippen molar-refractivity contribution in [3.8, 4) is 17.4 Å². The summed E-state index contributed by atoms with van der Waals surface area (Å²) >= 11 is 0. The second-order valence-corrected chi connectivity index (χ2v) is 9.49. The number of nitrogens with zero attached hydrogens (tertiary/aromatic N) is 3. The van der Waals surface area contributed by atoms with Gasteiger partial charge in [0.1, 0.15) is 11.6 Å². The van der Waals surface area contributed by atoms with Gasteiger partial charge in [-0.2, -0.15) is 5.26 Å². The highest BCUT2D eigenvalue weighted by Gasteiger charge is 2.15. The molecule has 7 rings (SSSR count). The van der Waals surface area contributed by atoms with Crippen LogP contribution in [0.15, 0.2) is 121 Å². The average molecular weight is 504 g/mol. The Morgan fingerprint density at radius 3 is 1.51 bits per heavy atom. The van der Waals surface area contributed by atoms with Gasteiger partial charge in [0, 0.05) is 32.9 Å². The lowest BCUT2D eigenvalue weighted by molar-refractivity contribution is -0.132. The molecule has 0 aliphatic carbocycles. The second kappa shape index (κ2) is 8.76. The van der Waals surface area contributed by atoms with Gasteiger partial charge in [0.05, 0.1) is 22.1 Å². The van der Waals surface area contributed by atoms with E-state index in [0.717, 1.165) is 33.2 Å². The van der Waals surface area contributed by atoms with Crippen molar-refractivity contribution in [1.29, 1.82) is 5.26 Å². The summed E-state index contributed by atoms with van der Waals surface area (Å²) in [5.41, 5.74) is 6.89. The van der Waals surface area contributed by atoms with Gasteiger partial charge in [-0.3, -0.25) is 0 Å². The van der Waals surface area contributed by atoms with E-state index in [1.807, 2.05) is 30.3 Å². The lowest BCUT2D eigenvalue weighted by Gasteiger charge is -2.11. The van der Waals surface area contributed by atoms with Gasteiger partial charge >= 0.3 is 5.97 Å². The maximum absolute atomic E-state index is 11.4. The molecular formula is C34H21N3O2. The van der Waals surface area contributed by atoms with Gasteiger partial charge in [-0.25, -0.2) is 4.79 Å². The fourth-order valence-electron chi connectivity index (χ4n) is 5.62. The summed E-state index contributed by atoms with van der Waals surface area (Å²) in [5.74, 6) is -1.23. The molecular weight excluding hydrogens is 482 g/mol. The van der Waals surface area contributed by atoms with Crippen LogP contribution in [0.3, 0.4) is 0 Å². The van der Waals surface area contributed by atoms with Gasteiger partial charge in [0.2, 0.25) is 0 Å². The molecule has 0 saturated carbocycles. The molecule has 2 heterocycles. The van der Waals surface area contributed by atoms with Crippen LogP contribution in [0.5, 0.6) is 0 Å². The van der Waals surface area contributed by atoms with E-state index < -0.39 is 5.97 Å². The summed E-state index contributed by atoms with van der Waals surface area (Å²) < 4.78 is 4.52. The lowest BCUT2D eigenvalue weighted by Crippen LogP contribution is -1.98. The highest BCUT2D eigenvalue weighted by molar-refractivity contribution is 6.11. The van der Waals surface area contributed by atoms with Crippen molar-refractivity contribution in [2.24, 2.45) is 0 Å². The van der Waals surface area contributed by atoms with Crippen LogP contribution >= 0.6 is 0 Å². The van der Waals surface area contributed by atoms with Crippen LogP contribution in [-0.2, 0) is 4.79 Å². The molecule has 7 aromatic rings.